The molecule has 0 atom stereocenters. The van der Waals surface area contributed by atoms with E-state index in [2.05, 4.69) is 10.1 Å². The van der Waals surface area contributed by atoms with Gasteiger partial charge in [0, 0.05) is 30.9 Å². The van der Waals surface area contributed by atoms with Crippen molar-refractivity contribution in [2.45, 2.75) is 24.9 Å². The third-order valence-corrected chi connectivity index (χ3v) is 5.32. The van der Waals surface area contributed by atoms with E-state index in [9.17, 15) is 13.2 Å². The number of hydrogen-bond acceptors (Lipinski definition) is 6. The molecule has 2 heterocycles. The molecule has 0 amide bonds. The molecular weight excluding hydrogens is 316 g/mol. The SMILES string of the molecule is Cc1ncc(CN(C)S(=O)(=O)c2cnn(CC(=O)O)c2)s1. The Morgan fingerprint density at radius 3 is 2.76 bits per heavy atom. The average Bonchev–Trinajstić information content (AvgIpc) is 2.98. The molecule has 0 saturated carbocycles. The number of aromatic nitrogens is 3. The lowest BCUT2D eigenvalue weighted by Crippen LogP contribution is -2.25. The first kappa shape index (κ1) is 15.6. The van der Waals surface area contributed by atoms with E-state index in [4.69, 9.17) is 5.11 Å². The Morgan fingerprint density at radius 1 is 1.48 bits per heavy atom. The van der Waals surface area contributed by atoms with Gasteiger partial charge in [0.25, 0.3) is 0 Å². The minimum Gasteiger partial charge on any atom is -0.480 e. The van der Waals surface area contributed by atoms with Gasteiger partial charge < -0.3 is 5.11 Å². The average molecular weight is 330 g/mol. The van der Waals surface area contributed by atoms with Crippen LogP contribution in [0.25, 0.3) is 0 Å². The van der Waals surface area contributed by atoms with Crippen molar-refractivity contribution in [3.8, 4) is 0 Å². The van der Waals surface area contributed by atoms with Gasteiger partial charge in [0.15, 0.2) is 0 Å². The van der Waals surface area contributed by atoms with Crippen LogP contribution in [0.15, 0.2) is 23.5 Å². The van der Waals surface area contributed by atoms with Crippen molar-refractivity contribution in [2.24, 2.45) is 0 Å². The standard InChI is InChI=1S/C11H14N4O4S2/c1-8-12-3-9(20-8)5-14(2)21(18,19)10-4-13-15(6-10)7-11(16)17/h3-4,6H,5,7H2,1-2H3,(H,16,17). The molecule has 2 aromatic rings. The van der Waals surface area contributed by atoms with E-state index in [1.54, 1.807) is 6.20 Å². The Morgan fingerprint density at radius 2 is 2.19 bits per heavy atom. The summed E-state index contributed by atoms with van der Waals surface area (Å²) in [7, 11) is -2.25. The number of aliphatic carboxylic acids is 1. The first-order valence-electron chi connectivity index (χ1n) is 5.91. The number of hydrogen-bond donors (Lipinski definition) is 1. The second-order valence-electron chi connectivity index (χ2n) is 4.37. The summed E-state index contributed by atoms with van der Waals surface area (Å²) in [6.45, 7) is 1.67. The van der Waals surface area contributed by atoms with Gasteiger partial charge in [-0.3, -0.25) is 9.48 Å². The normalized spacial score (nSPS) is 12.0. The van der Waals surface area contributed by atoms with E-state index in [0.29, 0.717) is 0 Å². The van der Waals surface area contributed by atoms with Crippen LogP contribution in [0.2, 0.25) is 0 Å². The molecule has 0 aliphatic heterocycles. The minimum absolute atomic E-state index is 0.0347. The van der Waals surface area contributed by atoms with E-state index < -0.39 is 16.0 Å². The lowest BCUT2D eigenvalue weighted by Gasteiger charge is -2.14. The molecule has 2 aromatic heterocycles. The zero-order valence-corrected chi connectivity index (χ0v) is 13.1. The first-order valence-corrected chi connectivity index (χ1v) is 8.16. The zero-order valence-electron chi connectivity index (χ0n) is 11.4. The zero-order chi connectivity index (χ0) is 15.6. The summed E-state index contributed by atoms with van der Waals surface area (Å²) < 4.78 is 27.0. The van der Waals surface area contributed by atoms with Crippen LogP contribution >= 0.6 is 11.3 Å². The molecule has 10 heteroatoms. The summed E-state index contributed by atoms with van der Waals surface area (Å²) in [6.07, 6.45) is 3.99. The lowest BCUT2D eigenvalue weighted by molar-refractivity contribution is -0.137. The van der Waals surface area contributed by atoms with Gasteiger partial charge in [0.1, 0.15) is 11.4 Å². The van der Waals surface area contributed by atoms with Crippen molar-refractivity contribution >= 4 is 27.3 Å². The molecule has 2 rings (SSSR count). The highest BCUT2D eigenvalue weighted by atomic mass is 32.2. The van der Waals surface area contributed by atoms with Crippen molar-refractivity contribution in [3.05, 3.63) is 28.5 Å². The number of sulfonamides is 1. The van der Waals surface area contributed by atoms with Gasteiger partial charge in [-0.05, 0) is 6.92 Å². The van der Waals surface area contributed by atoms with Crippen LogP contribution in [0.4, 0.5) is 0 Å². The monoisotopic (exact) mass is 330 g/mol. The van der Waals surface area contributed by atoms with Gasteiger partial charge in [0.05, 0.1) is 11.2 Å². The summed E-state index contributed by atoms with van der Waals surface area (Å²) in [5.41, 5.74) is 0. The molecule has 0 unspecified atom stereocenters. The fraction of sp³-hybridized carbons (Fsp3) is 0.364. The number of nitrogens with zero attached hydrogens (tertiary/aromatic N) is 4. The Labute approximate surface area is 125 Å². The summed E-state index contributed by atoms with van der Waals surface area (Å²) in [4.78, 5) is 15.5. The van der Waals surface area contributed by atoms with E-state index >= 15 is 0 Å². The van der Waals surface area contributed by atoms with Gasteiger partial charge in [0.2, 0.25) is 10.0 Å². The predicted octanol–water partition coefficient (Wildman–Crippen LogP) is 0.553. The molecule has 0 spiro atoms. The van der Waals surface area contributed by atoms with Crippen LogP contribution in [-0.2, 0) is 27.9 Å². The maximum atomic E-state index is 12.4. The molecule has 8 nitrogen and oxygen atoms in total. The molecule has 0 aromatic carbocycles. The Hall–Kier alpha value is -1.78. The molecule has 1 N–H and O–H groups in total. The fourth-order valence-electron chi connectivity index (χ4n) is 1.67. The van der Waals surface area contributed by atoms with Crippen LogP contribution in [0.5, 0.6) is 0 Å². The summed E-state index contributed by atoms with van der Waals surface area (Å²) >= 11 is 1.43. The van der Waals surface area contributed by atoms with Crippen molar-refractivity contribution in [1.82, 2.24) is 19.1 Å². The molecular formula is C11H14N4O4S2. The fourth-order valence-corrected chi connectivity index (χ4v) is 3.70. The summed E-state index contributed by atoms with van der Waals surface area (Å²) in [6, 6.07) is 0. The minimum atomic E-state index is -3.71. The Bertz CT molecular complexity index is 750. The molecule has 0 saturated heterocycles. The molecule has 21 heavy (non-hydrogen) atoms. The largest absolute Gasteiger partial charge is 0.480 e. The first-order chi connectivity index (χ1) is 9.79. The molecule has 0 aliphatic carbocycles. The van der Waals surface area contributed by atoms with Gasteiger partial charge in [-0.2, -0.15) is 9.40 Å². The third kappa shape index (κ3) is 3.65. The molecule has 0 aliphatic rings. The van der Waals surface area contributed by atoms with Crippen LogP contribution < -0.4 is 0 Å². The van der Waals surface area contributed by atoms with Crippen LogP contribution in [-0.4, -0.2) is 45.6 Å². The van der Waals surface area contributed by atoms with Crippen molar-refractivity contribution < 1.29 is 18.3 Å². The lowest BCUT2D eigenvalue weighted by atomic mass is 10.5. The van der Waals surface area contributed by atoms with E-state index in [-0.39, 0.29) is 18.0 Å². The maximum absolute atomic E-state index is 12.4. The van der Waals surface area contributed by atoms with Gasteiger partial charge in [-0.1, -0.05) is 0 Å². The summed E-state index contributed by atoms with van der Waals surface area (Å²) in [5, 5.41) is 13.3. The molecule has 0 bridgehead atoms. The maximum Gasteiger partial charge on any atom is 0.325 e. The Balaban J connectivity index is 2.16. The summed E-state index contributed by atoms with van der Waals surface area (Å²) in [5.74, 6) is -1.09. The number of carboxylic acids is 1. The molecule has 114 valence electrons. The number of thiazole rings is 1. The highest BCUT2D eigenvalue weighted by Gasteiger charge is 2.23. The van der Waals surface area contributed by atoms with Gasteiger partial charge in [-0.15, -0.1) is 11.3 Å². The van der Waals surface area contributed by atoms with E-state index in [1.165, 1.54) is 28.9 Å². The number of rotatable bonds is 6. The third-order valence-electron chi connectivity index (χ3n) is 2.66. The van der Waals surface area contributed by atoms with Crippen LogP contribution in [0.1, 0.15) is 9.88 Å². The Kier molecular flexibility index (Phi) is 4.40. The van der Waals surface area contributed by atoms with E-state index in [1.807, 2.05) is 6.92 Å². The number of carboxylic acid groups (broad SMARTS) is 1. The molecule has 0 fully saturated rings. The highest BCUT2D eigenvalue weighted by Crippen LogP contribution is 2.19. The van der Waals surface area contributed by atoms with Crippen LogP contribution in [0.3, 0.4) is 0 Å². The van der Waals surface area contributed by atoms with Crippen LogP contribution in [0, 0.1) is 6.92 Å². The van der Waals surface area contributed by atoms with Crippen molar-refractivity contribution in [2.75, 3.05) is 7.05 Å². The quantitative estimate of drug-likeness (QED) is 0.829. The molecule has 0 radical (unpaired) electrons. The topological polar surface area (TPSA) is 105 Å². The van der Waals surface area contributed by atoms with Crippen molar-refractivity contribution in [3.63, 3.8) is 0 Å². The second-order valence-corrected chi connectivity index (χ2v) is 7.74. The van der Waals surface area contributed by atoms with Gasteiger partial charge in [-0.25, -0.2) is 13.4 Å². The second kappa shape index (κ2) is 5.92. The van der Waals surface area contributed by atoms with Gasteiger partial charge >= 0.3 is 5.97 Å². The number of aryl methyl sites for hydroxylation is 1. The number of carbonyl (C=O) groups is 1. The predicted molar refractivity (Wildman–Crippen MR) is 75.4 cm³/mol. The smallest absolute Gasteiger partial charge is 0.325 e. The van der Waals surface area contributed by atoms with E-state index in [0.717, 1.165) is 20.8 Å². The highest BCUT2D eigenvalue weighted by molar-refractivity contribution is 7.89. The van der Waals surface area contributed by atoms with Crippen molar-refractivity contribution in [1.29, 1.82) is 0 Å².